The van der Waals surface area contributed by atoms with Gasteiger partial charge in [-0.25, -0.2) is 0 Å². The van der Waals surface area contributed by atoms with Crippen LogP contribution in [-0.4, -0.2) is 34.1 Å². The molecule has 4 rings (SSSR count). The van der Waals surface area contributed by atoms with Crippen LogP contribution >= 0.6 is 11.6 Å². The van der Waals surface area contributed by atoms with Gasteiger partial charge >= 0.3 is 0 Å². The first-order chi connectivity index (χ1) is 15.5. The molecule has 32 heavy (non-hydrogen) atoms. The molecule has 3 aromatic rings. The van der Waals surface area contributed by atoms with E-state index in [4.69, 9.17) is 16.0 Å². The standard InChI is InChI=1S/C25H27ClN2O3S/c26-21-8-4-7-20(15-21)17-32(30)18-23-9-10-24(31-23)25(29)27-22-11-13-28(14-12-22)16-19-5-2-1-3-6-19/h1-10,15,22H,11-14,16-18H2,(H,27,29). The van der Waals surface area contributed by atoms with E-state index in [0.717, 1.165) is 38.0 Å². The first-order valence-corrected chi connectivity index (χ1v) is 12.7. The minimum Gasteiger partial charge on any atom is -0.455 e. The van der Waals surface area contributed by atoms with Crippen molar-refractivity contribution in [3.63, 3.8) is 0 Å². The minimum atomic E-state index is -1.15. The molecule has 5 nitrogen and oxygen atoms in total. The average Bonchev–Trinajstić information content (AvgIpc) is 3.24. The number of halogens is 1. The molecule has 1 saturated heterocycles. The topological polar surface area (TPSA) is 62.6 Å². The first kappa shape index (κ1) is 22.8. The summed E-state index contributed by atoms with van der Waals surface area (Å²) in [6.45, 7) is 2.84. The third kappa shape index (κ3) is 6.55. The summed E-state index contributed by atoms with van der Waals surface area (Å²) in [5, 5.41) is 3.71. The molecule has 0 aliphatic carbocycles. The van der Waals surface area contributed by atoms with Crippen molar-refractivity contribution < 1.29 is 13.4 Å². The summed E-state index contributed by atoms with van der Waals surface area (Å²) in [5.74, 6) is 1.26. The van der Waals surface area contributed by atoms with Crippen molar-refractivity contribution >= 4 is 28.3 Å². The van der Waals surface area contributed by atoms with Gasteiger partial charge in [-0.05, 0) is 48.2 Å². The monoisotopic (exact) mass is 470 g/mol. The lowest BCUT2D eigenvalue weighted by Crippen LogP contribution is -2.44. The van der Waals surface area contributed by atoms with Crippen LogP contribution < -0.4 is 5.32 Å². The number of hydrogen-bond donors (Lipinski definition) is 1. The minimum absolute atomic E-state index is 0.139. The van der Waals surface area contributed by atoms with Crippen molar-refractivity contribution in [1.82, 2.24) is 10.2 Å². The van der Waals surface area contributed by atoms with Crippen molar-refractivity contribution in [2.24, 2.45) is 0 Å². The second-order valence-electron chi connectivity index (χ2n) is 8.13. The number of piperidine rings is 1. The Hall–Kier alpha value is -2.41. The predicted octanol–water partition coefficient (Wildman–Crippen LogP) is 4.78. The van der Waals surface area contributed by atoms with Gasteiger partial charge in [0.05, 0.1) is 5.75 Å². The van der Waals surface area contributed by atoms with Gasteiger partial charge in [0.15, 0.2) is 5.76 Å². The number of rotatable bonds is 8. The van der Waals surface area contributed by atoms with Crippen LogP contribution in [0.15, 0.2) is 71.1 Å². The summed E-state index contributed by atoms with van der Waals surface area (Å²) in [6.07, 6.45) is 1.82. The lowest BCUT2D eigenvalue weighted by atomic mass is 10.0. The van der Waals surface area contributed by atoms with Gasteiger partial charge in [-0.15, -0.1) is 0 Å². The summed E-state index contributed by atoms with van der Waals surface area (Å²) in [4.78, 5) is 15.0. The van der Waals surface area contributed by atoms with Gasteiger partial charge in [0, 0.05) is 47.3 Å². The van der Waals surface area contributed by atoms with Gasteiger partial charge in [0.1, 0.15) is 5.76 Å². The molecule has 0 bridgehead atoms. The van der Waals surface area contributed by atoms with Crippen LogP contribution in [0.25, 0.3) is 0 Å². The zero-order valence-corrected chi connectivity index (χ0v) is 19.4. The Morgan fingerprint density at radius 3 is 2.50 bits per heavy atom. The molecule has 0 saturated carbocycles. The van der Waals surface area contributed by atoms with E-state index in [9.17, 15) is 9.00 Å². The van der Waals surface area contributed by atoms with Crippen molar-refractivity contribution in [1.29, 1.82) is 0 Å². The molecule has 168 valence electrons. The first-order valence-electron chi connectivity index (χ1n) is 10.8. The molecular formula is C25H27ClN2O3S. The van der Waals surface area contributed by atoms with Gasteiger partial charge in [0.25, 0.3) is 5.91 Å². The number of nitrogens with one attached hydrogen (secondary N) is 1. The third-order valence-electron chi connectivity index (χ3n) is 5.58. The van der Waals surface area contributed by atoms with Crippen molar-refractivity contribution in [3.8, 4) is 0 Å². The number of amides is 1. The molecule has 1 N–H and O–H groups in total. The quantitative estimate of drug-likeness (QED) is 0.514. The molecule has 1 fully saturated rings. The van der Waals surface area contributed by atoms with Gasteiger partial charge in [-0.2, -0.15) is 0 Å². The fourth-order valence-electron chi connectivity index (χ4n) is 3.93. The molecule has 1 unspecified atom stereocenters. The molecule has 1 aliphatic rings. The second-order valence-corrected chi connectivity index (χ2v) is 10.0. The highest BCUT2D eigenvalue weighted by molar-refractivity contribution is 7.83. The molecule has 1 aromatic heterocycles. The van der Waals surface area contributed by atoms with Gasteiger partial charge in [-0.1, -0.05) is 54.1 Å². The lowest BCUT2D eigenvalue weighted by molar-refractivity contribution is 0.0879. The third-order valence-corrected chi connectivity index (χ3v) is 7.07. The Morgan fingerprint density at radius 2 is 1.75 bits per heavy atom. The maximum Gasteiger partial charge on any atom is 0.287 e. The summed E-state index contributed by atoms with van der Waals surface area (Å²) in [7, 11) is -1.15. The SMILES string of the molecule is O=C(NC1CCN(Cc2ccccc2)CC1)c1ccc(CS(=O)Cc2cccc(Cl)c2)o1. The Bertz CT molecular complexity index is 1060. The van der Waals surface area contributed by atoms with Crippen molar-refractivity contribution in [2.75, 3.05) is 13.1 Å². The Kier molecular flexibility index (Phi) is 7.79. The van der Waals surface area contributed by atoms with Crippen molar-refractivity contribution in [2.45, 2.75) is 36.9 Å². The normalized spacial score (nSPS) is 16.0. The zero-order valence-electron chi connectivity index (χ0n) is 17.8. The van der Waals surface area contributed by atoms with Crippen LogP contribution in [0.3, 0.4) is 0 Å². The van der Waals surface area contributed by atoms with E-state index in [2.05, 4.69) is 34.5 Å². The van der Waals surface area contributed by atoms with E-state index in [1.165, 1.54) is 5.56 Å². The number of carbonyl (C=O) groups excluding carboxylic acids is 1. The molecule has 2 heterocycles. The van der Waals surface area contributed by atoms with E-state index in [0.29, 0.717) is 16.5 Å². The molecule has 7 heteroatoms. The van der Waals surface area contributed by atoms with Crippen LogP contribution in [0.1, 0.15) is 40.3 Å². The lowest BCUT2D eigenvalue weighted by Gasteiger charge is -2.32. The summed E-state index contributed by atoms with van der Waals surface area (Å²) in [5.41, 5.74) is 2.23. The zero-order chi connectivity index (χ0) is 22.3. The highest BCUT2D eigenvalue weighted by Gasteiger charge is 2.22. The maximum absolute atomic E-state index is 12.6. The number of nitrogens with zero attached hydrogens (tertiary/aromatic N) is 1. The van der Waals surface area contributed by atoms with E-state index in [1.807, 2.05) is 24.3 Å². The molecule has 1 aliphatic heterocycles. The van der Waals surface area contributed by atoms with Crippen LogP contribution in [0, 0.1) is 0 Å². The van der Waals surface area contributed by atoms with Gasteiger partial charge in [-0.3, -0.25) is 13.9 Å². The Morgan fingerprint density at radius 1 is 1.00 bits per heavy atom. The Balaban J connectivity index is 1.23. The Labute approximate surface area is 196 Å². The van der Waals surface area contributed by atoms with Crippen molar-refractivity contribution in [3.05, 3.63) is 94.4 Å². The number of carbonyl (C=O) groups is 1. The number of benzene rings is 2. The molecule has 1 atom stereocenters. The van der Waals surface area contributed by atoms with Crippen LogP contribution in [0.2, 0.25) is 5.02 Å². The van der Waals surface area contributed by atoms with E-state index in [-0.39, 0.29) is 23.5 Å². The van der Waals surface area contributed by atoms with E-state index >= 15 is 0 Å². The summed E-state index contributed by atoms with van der Waals surface area (Å²) in [6, 6.07) is 21.3. The smallest absolute Gasteiger partial charge is 0.287 e. The molecule has 0 radical (unpaired) electrons. The highest BCUT2D eigenvalue weighted by Crippen LogP contribution is 2.17. The largest absolute Gasteiger partial charge is 0.455 e. The van der Waals surface area contributed by atoms with Gasteiger partial charge < -0.3 is 9.73 Å². The fourth-order valence-corrected chi connectivity index (χ4v) is 5.27. The molecule has 0 spiro atoms. The molecule has 1 amide bonds. The maximum atomic E-state index is 12.6. The highest BCUT2D eigenvalue weighted by atomic mass is 35.5. The second kappa shape index (κ2) is 10.9. The molecule has 2 aromatic carbocycles. The number of furan rings is 1. The van der Waals surface area contributed by atoms with Crippen LogP contribution in [-0.2, 0) is 28.9 Å². The number of hydrogen-bond acceptors (Lipinski definition) is 4. The number of likely N-dealkylation sites (tertiary alicyclic amines) is 1. The fraction of sp³-hybridized carbons (Fsp3) is 0.320. The predicted molar refractivity (Wildman–Crippen MR) is 128 cm³/mol. The molecular weight excluding hydrogens is 444 g/mol. The average molecular weight is 471 g/mol. The van der Waals surface area contributed by atoms with Crippen LogP contribution in [0.5, 0.6) is 0 Å². The van der Waals surface area contributed by atoms with Crippen LogP contribution in [0.4, 0.5) is 0 Å². The van der Waals surface area contributed by atoms with Gasteiger partial charge in [0.2, 0.25) is 0 Å². The summed E-state index contributed by atoms with van der Waals surface area (Å²) < 4.78 is 18.1. The van der Waals surface area contributed by atoms with E-state index < -0.39 is 10.8 Å². The van der Waals surface area contributed by atoms with E-state index in [1.54, 1.807) is 18.2 Å². The summed E-state index contributed by atoms with van der Waals surface area (Å²) >= 11 is 5.99.